The van der Waals surface area contributed by atoms with Crippen molar-refractivity contribution in [3.05, 3.63) is 12.7 Å². The number of nitrogens with one attached hydrogen (secondary N) is 1. The van der Waals surface area contributed by atoms with Gasteiger partial charge < -0.3 is 14.8 Å². The minimum atomic E-state index is -0.569. The molecular formula is C12H21NO4. The molecule has 17 heavy (non-hydrogen) atoms. The van der Waals surface area contributed by atoms with Gasteiger partial charge in [0.2, 0.25) is 0 Å². The Bertz CT molecular complexity index is 293. The second kappa shape index (κ2) is 6.27. The van der Waals surface area contributed by atoms with Crippen molar-refractivity contribution >= 4 is 12.1 Å². The average molecular weight is 243 g/mol. The van der Waals surface area contributed by atoms with Crippen LogP contribution >= 0.6 is 0 Å². The van der Waals surface area contributed by atoms with Crippen molar-refractivity contribution < 1.29 is 19.1 Å². The van der Waals surface area contributed by atoms with Crippen LogP contribution in [0.3, 0.4) is 0 Å². The first kappa shape index (κ1) is 15.5. The molecule has 98 valence electrons. The molecule has 0 aliphatic heterocycles. The van der Waals surface area contributed by atoms with Crippen molar-refractivity contribution in [1.29, 1.82) is 0 Å². The van der Waals surface area contributed by atoms with Gasteiger partial charge in [0.15, 0.2) is 0 Å². The summed E-state index contributed by atoms with van der Waals surface area (Å²) in [6.07, 6.45) is 0.340. The van der Waals surface area contributed by atoms with Gasteiger partial charge in [0.05, 0.1) is 6.04 Å². The summed E-state index contributed by atoms with van der Waals surface area (Å²) in [6, 6.07) is -0.397. The van der Waals surface area contributed by atoms with Gasteiger partial charge in [0.1, 0.15) is 11.7 Å². The molecule has 0 aliphatic rings. The molecule has 1 amide bonds. The van der Waals surface area contributed by atoms with Crippen molar-refractivity contribution in [2.75, 3.05) is 0 Å². The van der Waals surface area contributed by atoms with Gasteiger partial charge in [-0.05, 0) is 33.8 Å². The minimum Gasteiger partial charge on any atom is -0.456 e. The summed E-state index contributed by atoms with van der Waals surface area (Å²) in [6.45, 7) is 11.9. The van der Waals surface area contributed by atoms with Crippen LogP contribution < -0.4 is 5.32 Å². The van der Waals surface area contributed by atoms with E-state index >= 15 is 0 Å². The molecule has 1 N–H and O–H groups in total. The molecule has 0 bridgehead atoms. The molecular weight excluding hydrogens is 222 g/mol. The van der Waals surface area contributed by atoms with Crippen LogP contribution in [0.1, 0.15) is 34.6 Å². The first-order chi connectivity index (χ1) is 7.65. The second-order valence-electron chi connectivity index (χ2n) is 4.74. The van der Waals surface area contributed by atoms with Gasteiger partial charge in [-0.25, -0.2) is 4.79 Å². The molecule has 0 saturated carbocycles. The Hall–Kier alpha value is -1.52. The zero-order chi connectivity index (χ0) is 13.6. The smallest absolute Gasteiger partial charge is 0.408 e. The maximum atomic E-state index is 11.5. The summed E-state index contributed by atoms with van der Waals surface area (Å²) in [4.78, 5) is 22.3. The average Bonchev–Trinajstić information content (AvgIpc) is 2.10. The van der Waals surface area contributed by atoms with E-state index in [2.05, 4.69) is 11.9 Å². The van der Waals surface area contributed by atoms with Gasteiger partial charge >= 0.3 is 12.1 Å². The lowest BCUT2D eigenvalue weighted by Crippen LogP contribution is -2.44. The Morgan fingerprint density at radius 3 is 2.24 bits per heavy atom. The molecule has 0 aliphatic carbocycles. The summed E-state index contributed by atoms with van der Waals surface area (Å²) in [7, 11) is 0. The first-order valence-corrected chi connectivity index (χ1v) is 5.45. The predicted octanol–water partition coefficient (Wildman–Crippen LogP) is 2.02. The third-order valence-electron chi connectivity index (χ3n) is 1.77. The number of esters is 1. The highest BCUT2D eigenvalue weighted by atomic mass is 16.6. The minimum absolute atomic E-state index is 0.397. The van der Waals surface area contributed by atoms with Gasteiger partial charge in [-0.2, -0.15) is 0 Å². The van der Waals surface area contributed by atoms with Crippen LogP contribution in [0.2, 0.25) is 0 Å². The van der Waals surface area contributed by atoms with Gasteiger partial charge in [0, 0.05) is 6.92 Å². The highest BCUT2D eigenvalue weighted by Gasteiger charge is 2.22. The molecule has 0 rings (SSSR count). The lowest BCUT2D eigenvalue weighted by molar-refractivity contribution is -0.145. The van der Waals surface area contributed by atoms with E-state index in [9.17, 15) is 9.59 Å². The Labute approximate surface area is 102 Å². The molecule has 0 fully saturated rings. The van der Waals surface area contributed by atoms with Crippen molar-refractivity contribution in [1.82, 2.24) is 5.32 Å². The molecule has 5 heteroatoms. The topological polar surface area (TPSA) is 64.6 Å². The Morgan fingerprint density at radius 1 is 1.35 bits per heavy atom. The van der Waals surface area contributed by atoms with E-state index in [-0.39, 0.29) is 0 Å². The fourth-order valence-corrected chi connectivity index (χ4v) is 1.12. The number of hydrogen-bond donors (Lipinski definition) is 1. The summed E-state index contributed by atoms with van der Waals surface area (Å²) in [5.41, 5.74) is -0.561. The van der Waals surface area contributed by atoms with E-state index in [0.717, 1.165) is 0 Å². The van der Waals surface area contributed by atoms with Gasteiger partial charge in [-0.15, -0.1) is 0 Å². The van der Waals surface area contributed by atoms with Crippen LogP contribution in [-0.4, -0.2) is 29.8 Å². The van der Waals surface area contributed by atoms with E-state index in [4.69, 9.17) is 9.47 Å². The Kier molecular flexibility index (Phi) is 5.71. The molecule has 0 aromatic heterocycles. The fraction of sp³-hybridized carbons (Fsp3) is 0.667. The fourth-order valence-electron chi connectivity index (χ4n) is 1.12. The number of carbonyl (C=O) groups excluding carboxylic acids is 2. The van der Waals surface area contributed by atoms with Crippen LogP contribution in [0.25, 0.3) is 0 Å². The van der Waals surface area contributed by atoms with Crippen LogP contribution in [-0.2, 0) is 14.3 Å². The second-order valence-corrected chi connectivity index (χ2v) is 4.74. The van der Waals surface area contributed by atoms with E-state index in [1.165, 1.54) is 13.0 Å². The number of alkyl carbamates (subject to hydrolysis) is 1. The SMILES string of the molecule is C=CC(OC(C)=O)[C@H](C)NC(=O)OC(C)(C)C. The molecule has 0 heterocycles. The van der Waals surface area contributed by atoms with E-state index in [0.29, 0.717) is 0 Å². The maximum Gasteiger partial charge on any atom is 0.408 e. The summed E-state index contributed by atoms with van der Waals surface area (Å²) in [5, 5.41) is 2.58. The number of ether oxygens (including phenoxy) is 2. The number of rotatable bonds is 4. The maximum absolute atomic E-state index is 11.5. The molecule has 5 nitrogen and oxygen atoms in total. The van der Waals surface area contributed by atoms with Gasteiger partial charge in [-0.1, -0.05) is 6.58 Å². The number of carbonyl (C=O) groups is 2. The summed E-state index contributed by atoms with van der Waals surface area (Å²) >= 11 is 0. The molecule has 0 radical (unpaired) electrons. The standard InChI is InChI=1S/C12H21NO4/c1-7-10(16-9(3)14)8(2)13-11(15)17-12(4,5)6/h7-8,10H,1H2,2-6H3,(H,13,15)/t8-,10?/m0/s1. The van der Waals surface area contributed by atoms with E-state index in [1.54, 1.807) is 27.7 Å². The van der Waals surface area contributed by atoms with Crippen LogP contribution in [0, 0.1) is 0 Å². The summed E-state index contributed by atoms with van der Waals surface area (Å²) < 4.78 is 10.0. The highest BCUT2D eigenvalue weighted by molar-refractivity contribution is 5.69. The lowest BCUT2D eigenvalue weighted by atomic mass is 10.2. The van der Waals surface area contributed by atoms with E-state index in [1.807, 2.05) is 0 Å². The highest BCUT2D eigenvalue weighted by Crippen LogP contribution is 2.08. The number of amides is 1. The predicted molar refractivity (Wildman–Crippen MR) is 64.6 cm³/mol. The van der Waals surface area contributed by atoms with Crippen LogP contribution in [0.4, 0.5) is 4.79 Å². The van der Waals surface area contributed by atoms with Crippen molar-refractivity contribution in [2.24, 2.45) is 0 Å². The molecule has 0 aromatic rings. The summed E-state index contributed by atoms with van der Waals surface area (Å²) in [5.74, 6) is -0.423. The van der Waals surface area contributed by atoms with Crippen LogP contribution in [0.5, 0.6) is 0 Å². The quantitative estimate of drug-likeness (QED) is 0.606. The molecule has 0 spiro atoms. The zero-order valence-corrected chi connectivity index (χ0v) is 11.1. The zero-order valence-electron chi connectivity index (χ0n) is 11.1. The molecule has 2 atom stereocenters. The monoisotopic (exact) mass is 243 g/mol. The molecule has 0 aromatic carbocycles. The van der Waals surface area contributed by atoms with Gasteiger partial charge in [-0.3, -0.25) is 4.79 Å². The molecule has 1 unspecified atom stereocenters. The van der Waals surface area contributed by atoms with E-state index < -0.39 is 29.8 Å². The third kappa shape index (κ3) is 7.38. The Balaban J connectivity index is 4.31. The van der Waals surface area contributed by atoms with Crippen molar-refractivity contribution in [3.8, 4) is 0 Å². The van der Waals surface area contributed by atoms with Gasteiger partial charge in [0.25, 0.3) is 0 Å². The lowest BCUT2D eigenvalue weighted by Gasteiger charge is -2.24. The van der Waals surface area contributed by atoms with Crippen molar-refractivity contribution in [3.63, 3.8) is 0 Å². The number of hydrogen-bond acceptors (Lipinski definition) is 4. The normalized spacial score (nSPS) is 14.4. The van der Waals surface area contributed by atoms with Crippen LogP contribution in [0.15, 0.2) is 12.7 Å². The largest absolute Gasteiger partial charge is 0.456 e. The third-order valence-corrected chi connectivity index (χ3v) is 1.77. The Morgan fingerprint density at radius 2 is 1.88 bits per heavy atom. The molecule has 0 saturated heterocycles. The van der Waals surface area contributed by atoms with Crippen molar-refractivity contribution in [2.45, 2.75) is 52.4 Å². The first-order valence-electron chi connectivity index (χ1n) is 5.45.